The minimum Gasteiger partial charge on any atom is -0.394 e. The molecule has 9 heteroatoms. The summed E-state index contributed by atoms with van der Waals surface area (Å²) in [6.45, 7) is 2.11. The maximum absolute atomic E-state index is 11.1. The van der Waals surface area contributed by atoms with Gasteiger partial charge in [0.2, 0.25) is 11.9 Å². The van der Waals surface area contributed by atoms with Gasteiger partial charge in [0.15, 0.2) is 5.65 Å². The monoisotopic (exact) mass is 371 g/mol. The highest BCUT2D eigenvalue weighted by atomic mass is 16.5. The zero-order valence-electron chi connectivity index (χ0n) is 14.9. The standard InChI is InChI=1S/C18H21N5O4/c1-13(25)21-18-19-7-16-17(22-18)20-11-23(16)12-27-15(8-24)10-26-9-14-5-3-2-4-6-14/h2-7,11,15,24H,8-10,12H2,1H3,(H,19,21,22,25). The van der Waals surface area contributed by atoms with Gasteiger partial charge in [-0.2, -0.15) is 4.98 Å². The molecule has 0 spiro atoms. The molecule has 3 aromatic rings. The average molecular weight is 371 g/mol. The van der Waals surface area contributed by atoms with E-state index in [9.17, 15) is 9.90 Å². The molecule has 0 saturated heterocycles. The van der Waals surface area contributed by atoms with Crippen molar-refractivity contribution in [3.05, 3.63) is 48.4 Å². The number of fused-ring (bicyclic) bond motifs is 1. The van der Waals surface area contributed by atoms with Crippen LogP contribution in [0.3, 0.4) is 0 Å². The third kappa shape index (κ3) is 5.30. The SMILES string of the molecule is CC(=O)Nc1ncc2c(ncn2COC(CO)COCc2ccccc2)n1. The quantitative estimate of drug-likeness (QED) is 0.584. The molecule has 2 heterocycles. The molecule has 1 aromatic carbocycles. The van der Waals surface area contributed by atoms with Gasteiger partial charge < -0.3 is 19.1 Å². The number of nitrogens with one attached hydrogen (secondary N) is 1. The van der Waals surface area contributed by atoms with E-state index >= 15 is 0 Å². The Balaban J connectivity index is 1.53. The van der Waals surface area contributed by atoms with E-state index in [1.54, 1.807) is 17.1 Å². The Labute approximate surface area is 156 Å². The van der Waals surface area contributed by atoms with Crippen molar-refractivity contribution >= 4 is 23.0 Å². The van der Waals surface area contributed by atoms with Crippen LogP contribution in [0.4, 0.5) is 5.95 Å². The highest BCUT2D eigenvalue weighted by Gasteiger charge is 2.11. The van der Waals surface area contributed by atoms with Crippen LogP contribution in [0.2, 0.25) is 0 Å². The summed E-state index contributed by atoms with van der Waals surface area (Å²) in [5, 5.41) is 12.0. The molecule has 0 aliphatic carbocycles. The van der Waals surface area contributed by atoms with Gasteiger partial charge in [-0.05, 0) is 5.56 Å². The molecule has 27 heavy (non-hydrogen) atoms. The number of anilines is 1. The summed E-state index contributed by atoms with van der Waals surface area (Å²) in [5.74, 6) is -0.0536. The molecule has 1 atom stereocenters. The molecule has 0 aliphatic heterocycles. The number of carbonyl (C=O) groups is 1. The van der Waals surface area contributed by atoms with Crippen molar-refractivity contribution in [1.82, 2.24) is 19.5 Å². The molecule has 0 aliphatic rings. The van der Waals surface area contributed by atoms with Crippen molar-refractivity contribution in [2.75, 3.05) is 18.5 Å². The number of carbonyl (C=O) groups excluding carboxylic acids is 1. The van der Waals surface area contributed by atoms with Gasteiger partial charge in [-0.25, -0.2) is 9.97 Å². The second kappa shape index (κ2) is 9.17. The number of nitrogens with zero attached hydrogens (tertiary/aromatic N) is 4. The van der Waals surface area contributed by atoms with E-state index in [2.05, 4.69) is 20.3 Å². The van der Waals surface area contributed by atoms with Gasteiger partial charge in [-0.15, -0.1) is 0 Å². The van der Waals surface area contributed by atoms with Gasteiger partial charge in [-0.3, -0.25) is 10.1 Å². The second-order valence-electron chi connectivity index (χ2n) is 5.90. The van der Waals surface area contributed by atoms with Crippen LogP contribution < -0.4 is 5.32 Å². The molecule has 142 valence electrons. The summed E-state index contributed by atoms with van der Waals surface area (Å²) in [7, 11) is 0. The Morgan fingerprint density at radius 1 is 1.30 bits per heavy atom. The molecule has 0 bridgehead atoms. The van der Waals surface area contributed by atoms with Crippen LogP contribution in [0.25, 0.3) is 11.2 Å². The first-order valence-corrected chi connectivity index (χ1v) is 8.45. The number of aliphatic hydroxyl groups is 1. The summed E-state index contributed by atoms with van der Waals surface area (Å²) >= 11 is 0. The highest BCUT2D eigenvalue weighted by Crippen LogP contribution is 2.12. The summed E-state index contributed by atoms with van der Waals surface area (Å²) in [4.78, 5) is 23.5. The first-order valence-electron chi connectivity index (χ1n) is 8.45. The fraction of sp³-hybridized carbons (Fsp3) is 0.333. The summed E-state index contributed by atoms with van der Waals surface area (Å²) in [6.07, 6.45) is 2.66. The third-order valence-electron chi connectivity index (χ3n) is 3.73. The average Bonchev–Trinajstić information content (AvgIpc) is 3.07. The minimum atomic E-state index is -0.467. The smallest absolute Gasteiger partial charge is 0.231 e. The topological polar surface area (TPSA) is 111 Å². The lowest BCUT2D eigenvalue weighted by atomic mass is 10.2. The lowest BCUT2D eigenvalue weighted by molar-refractivity contribution is -0.114. The number of aromatic nitrogens is 4. The Morgan fingerprint density at radius 3 is 2.85 bits per heavy atom. The maximum atomic E-state index is 11.1. The number of aliphatic hydroxyl groups excluding tert-OH is 1. The molecule has 2 N–H and O–H groups in total. The largest absolute Gasteiger partial charge is 0.394 e. The summed E-state index contributed by atoms with van der Waals surface area (Å²) < 4.78 is 13.0. The molecule has 0 fully saturated rings. The Morgan fingerprint density at radius 2 is 2.11 bits per heavy atom. The lowest BCUT2D eigenvalue weighted by Gasteiger charge is -2.16. The number of hydrogen-bond donors (Lipinski definition) is 2. The van der Waals surface area contributed by atoms with Crippen molar-refractivity contribution in [3.63, 3.8) is 0 Å². The first-order chi connectivity index (χ1) is 13.2. The lowest BCUT2D eigenvalue weighted by Crippen LogP contribution is -2.25. The number of amides is 1. The van der Waals surface area contributed by atoms with Crippen LogP contribution in [0.5, 0.6) is 0 Å². The molecule has 1 amide bonds. The summed E-state index contributed by atoms with van der Waals surface area (Å²) in [6, 6.07) is 9.79. The Bertz CT molecular complexity index is 884. The van der Waals surface area contributed by atoms with E-state index in [-0.39, 0.29) is 31.8 Å². The van der Waals surface area contributed by atoms with Gasteiger partial charge in [0, 0.05) is 6.92 Å². The number of imidazole rings is 1. The predicted octanol–water partition coefficient (Wildman–Crippen LogP) is 1.34. The van der Waals surface area contributed by atoms with Gasteiger partial charge in [0.1, 0.15) is 18.4 Å². The van der Waals surface area contributed by atoms with E-state index in [0.29, 0.717) is 17.8 Å². The molecule has 3 rings (SSSR count). The van der Waals surface area contributed by atoms with E-state index in [4.69, 9.17) is 9.47 Å². The molecular formula is C18H21N5O4. The van der Waals surface area contributed by atoms with Crippen molar-refractivity contribution in [2.45, 2.75) is 26.4 Å². The van der Waals surface area contributed by atoms with Crippen molar-refractivity contribution in [2.24, 2.45) is 0 Å². The normalized spacial score (nSPS) is 12.2. The molecule has 1 unspecified atom stereocenters. The van der Waals surface area contributed by atoms with Gasteiger partial charge in [-0.1, -0.05) is 30.3 Å². The molecule has 2 aromatic heterocycles. The Hall–Kier alpha value is -2.88. The number of hydrogen-bond acceptors (Lipinski definition) is 7. The van der Waals surface area contributed by atoms with Gasteiger partial charge >= 0.3 is 0 Å². The van der Waals surface area contributed by atoms with Gasteiger partial charge in [0.05, 0.1) is 32.3 Å². The fourth-order valence-electron chi connectivity index (χ4n) is 2.39. The van der Waals surface area contributed by atoms with Crippen LogP contribution >= 0.6 is 0 Å². The predicted molar refractivity (Wildman–Crippen MR) is 97.7 cm³/mol. The van der Waals surface area contributed by atoms with Crippen molar-refractivity contribution in [1.29, 1.82) is 0 Å². The van der Waals surface area contributed by atoms with E-state index in [0.717, 1.165) is 5.56 Å². The number of rotatable bonds is 9. The highest BCUT2D eigenvalue weighted by molar-refractivity contribution is 5.87. The maximum Gasteiger partial charge on any atom is 0.231 e. The van der Waals surface area contributed by atoms with Crippen molar-refractivity contribution < 1.29 is 19.4 Å². The van der Waals surface area contributed by atoms with E-state index in [1.807, 2.05) is 30.3 Å². The van der Waals surface area contributed by atoms with Crippen LogP contribution in [0.1, 0.15) is 12.5 Å². The summed E-state index contributed by atoms with van der Waals surface area (Å²) in [5.41, 5.74) is 2.16. The zero-order valence-corrected chi connectivity index (χ0v) is 14.9. The molecule has 0 radical (unpaired) electrons. The molecular weight excluding hydrogens is 350 g/mol. The number of ether oxygens (including phenoxy) is 2. The number of benzene rings is 1. The minimum absolute atomic E-state index is 0.162. The van der Waals surface area contributed by atoms with Crippen LogP contribution in [0, 0.1) is 0 Å². The van der Waals surface area contributed by atoms with Crippen LogP contribution in [-0.2, 0) is 27.6 Å². The Kier molecular flexibility index (Phi) is 6.42. The van der Waals surface area contributed by atoms with Gasteiger partial charge in [0.25, 0.3) is 0 Å². The molecule has 0 saturated carbocycles. The van der Waals surface area contributed by atoms with Crippen LogP contribution in [-0.4, -0.2) is 49.9 Å². The third-order valence-corrected chi connectivity index (χ3v) is 3.73. The zero-order chi connectivity index (χ0) is 19.1. The van der Waals surface area contributed by atoms with Crippen molar-refractivity contribution in [3.8, 4) is 0 Å². The second-order valence-corrected chi connectivity index (χ2v) is 5.90. The first kappa shape index (κ1) is 18.9. The van der Waals surface area contributed by atoms with E-state index in [1.165, 1.54) is 6.92 Å². The fourth-order valence-corrected chi connectivity index (χ4v) is 2.39. The van der Waals surface area contributed by atoms with E-state index < -0.39 is 6.10 Å². The molecule has 9 nitrogen and oxygen atoms in total. The van der Waals surface area contributed by atoms with Crippen LogP contribution in [0.15, 0.2) is 42.9 Å².